The minimum Gasteiger partial charge on any atom is -0.481 e. The maximum atomic E-state index is 13.3. The maximum Gasteiger partial charge on any atom is 0.305 e. The molecule has 0 unspecified atom stereocenters. The molecule has 1 aromatic carbocycles. The summed E-state index contributed by atoms with van der Waals surface area (Å²) in [6.45, 7) is 3.72. The van der Waals surface area contributed by atoms with E-state index in [4.69, 9.17) is 5.11 Å². The van der Waals surface area contributed by atoms with Crippen LogP contribution in [0.2, 0.25) is 0 Å². The predicted octanol–water partition coefficient (Wildman–Crippen LogP) is 3.64. The van der Waals surface area contributed by atoms with E-state index in [0.29, 0.717) is 29.1 Å². The topological polar surface area (TPSA) is 79.3 Å². The Morgan fingerprint density at radius 2 is 2.04 bits per heavy atom. The minimum atomic E-state index is -0.939. The highest BCUT2D eigenvalue weighted by atomic mass is 32.1. The van der Waals surface area contributed by atoms with Crippen LogP contribution in [0.4, 0.5) is 4.39 Å². The van der Waals surface area contributed by atoms with Gasteiger partial charge in [0.15, 0.2) is 0 Å². The average molecular weight is 364 g/mol. The van der Waals surface area contributed by atoms with Gasteiger partial charge in [0.1, 0.15) is 10.8 Å². The molecule has 0 saturated carbocycles. The minimum absolute atomic E-state index is 0.0627. The van der Waals surface area contributed by atoms with Gasteiger partial charge in [-0.2, -0.15) is 0 Å². The third-order valence-corrected chi connectivity index (χ3v) is 5.15. The SMILES string of the molecule is CCC(CC)(CC(=O)O)NC(=O)Cc1csc(-c2cccc(F)c2)n1. The molecule has 5 nitrogen and oxygen atoms in total. The second-order valence-electron chi connectivity index (χ2n) is 5.94. The lowest BCUT2D eigenvalue weighted by molar-refractivity contribution is -0.139. The van der Waals surface area contributed by atoms with Crippen LogP contribution < -0.4 is 5.32 Å². The number of aliphatic carboxylic acids is 1. The van der Waals surface area contributed by atoms with Crippen LogP contribution in [-0.4, -0.2) is 27.5 Å². The van der Waals surface area contributed by atoms with Gasteiger partial charge in [-0.3, -0.25) is 9.59 Å². The molecular formula is C18H21FN2O3S. The Hall–Kier alpha value is -2.28. The maximum absolute atomic E-state index is 13.3. The van der Waals surface area contributed by atoms with Crippen LogP contribution in [0.15, 0.2) is 29.6 Å². The van der Waals surface area contributed by atoms with E-state index in [9.17, 15) is 14.0 Å². The molecule has 2 rings (SSSR count). The first-order valence-corrected chi connectivity index (χ1v) is 8.98. The molecule has 0 aliphatic heterocycles. The Labute approximate surface area is 149 Å². The number of carbonyl (C=O) groups excluding carboxylic acids is 1. The largest absolute Gasteiger partial charge is 0.481 e. The van der Waals surface area contributed by atoms with Crippen molar-refractivity contribution in [3.05, 3.63) is 41.2 Å². The summed E-state index contributed by atoms with van der Waals surface area (Å²) >= 11 is 1.34. The lowest BCUT2D eigenvalue weighted by Gasteiger charge is -2.31. The number of rotatable bonds is 8. The normalized spacial score (nSPS) is 11.3. The Morgan fingerprint density at radius 3 is 2.64 bits per heavy atom. The van der Waals surface area contributed by atoms with E-state index in [1.807, 2.05) is 13.8 Å². The lowest BCUT2D eigenvalue weighted by Crippen LogP contribution is -2.49. The molecule has 0 spiro atoms. The fourth-order valence-electron chi connectivity index (χ4n) is 2.66. The van der Waals surface area contributed by atoms with Gasteiger partial charge in [0, 0.05) is 16.5 Å². The molecule has 0 atom stereocenters. The van der Waals surface area contributed by atoms with E-state index in [1.165, 1.54) is 23.5 Å². The summed E-state index contributed by atoms with van der Waals surface area (Å²) in [7, 11) is 0. The molecule has 7 heteroatoms. The molecule has 1 amide bonds. The van der Waals surface area contributed by atoms with Crippen molar-refractivity contribution in [1.29, 1.82) is 0 Å². The zero-order valence-corrected chi connectivity index (χ0v) is 15.0. The molecule has 0 aliphatic rings. The number of hydrogen-bond acceptors (Lipinski definition) is 4. The molecule has 1 heterocycles. The summed E-state index contributed by atoms with van der Waals surface area (Å²) in [6, 6.07) is 6.14. The Balaban J connectivity index is 2.07. The van der Waals surface area contributed by atoms with Gasteiger partial charge in [-0.15, -0.1) is 11.3 Å². The number of hydrogen-bond donors (Lipinski definition) is 2. The van der Waals surface area contributed by atoms with Gasteiger partial charge in [0.25, 0.3) is 0 Å². The van der Waals surface area contributed by atoms with E-state index in [1.54, 1.807) is 17.5 Å². The van der Waals surface area contributed by atoms with E-state index < -0.39 is 11.5 Å². The highest BCUT2D eigenvalue weighted by Crippen LogP contribution is 2.25. The van der Waals surface area contributed by atoms with Crippen LogP contribution in [0.5, 0.6) is 0 Å². The van der Waals surface area contributed by atoms with Crippen molar-refractivity contribution in [2.75, 3.05) is 0 Å². The molecule has 0 saturated heterocycles. The van der Waals surface area contributed by atoms with Gasteiger partial charge in [-0.1, -0.05) is 26.0 Å². The summed E-state index contributed by atoms with van der Waals surface area (Å²) in [4.78, 5) is 27.8. The first kappa shape index (κ1) is 19.1. The number of thiazole rings is 1. The number of aromatic nitrogens is 1. The van der Waals surface area contributed by atoms with Gasteiger partial charge in [0.2, 0.25) is 5.91 Å². The van der Waals surface area contributed by atoms with Crippen LogP contribution in [0, 0.1) is 5.82 Å². The van der Waals surface area contributed by atoms with Crippen LogP contribution >= 0.6 is 11.3 Å². The number of carbonyl (C=O) groups is 2. The van der Waals surface area contributed by atoms with E-state index in [0.717, 1.165) is 0 Å². The molecule has 0 radical (unpaired) electrons. The number of nitrogens with one attached hydrogen (secondary N) is 1. The standard InChI is InChI=1S/C18H21FN2O3S/c1-3-18(4-2,10-16(23)24)21-15(22)9-14-11-25-17(20-14)12-6-5-7-13(19)8-12/h5-8,11H,3-4,9-10H2,1-2H3,(H,21,22)(H,23,24). The van der Waals surface area contributed by atoms with Crippen LogP contribution in [0.3, 0.4) is 0 Å². The van der Waals surface area contributed by atoms with Crippen molar-refractivity contribution in [2.45, 2.75) is 45.1 Å². The Bertz CT molecular complexity index is 756. The van der Waals surface area contributed by atoms with E-state index >= 15 is 0 Å². The Morgan fingerprint density at radius 1 is 1.32 bits per heavy atom. The molecule has 25 heavy (non-hydrogen) atoms. The molecule has 134 valence electrons. The van der Waals surface area contributed by atoms with Crippen molar-refractivity contribution in [1.82, 2.24) is 10.3 Å². The van der Waals surface area contributed by atoms with Crippen molar-refractivity contribution >= 4 is 23.2 Å². The molecule has 2 aromatic rings. The smallest absolute Gasteiger partial charge is 0.305 e. The number of carboxylic acids is 1. The third kappa shape index (κ3) is 5.09. The van der Waals surface area contributed by atoms with Crippen LogP contribution in [0.1, 0.15) is 38.8 Å². The number of carboxylic acid groups (broad SMARTS) is 1. The van der Waals surface area contributed by atoms with Crippen molar-refractivity contribution in [2.24, 2.45) is 0 Å². The zero-order valence-electron chi connectivity index (χ0n) is 14.2. The van der Waals surface area contributed by atoms with E-state index in [2.05, 4.69) is 10.3 Å². The average Bonchev–Trinajstić information content (AvgIpc) is 3.02. The number of nitrogens with zero attached hydrogens (tertiary/aromatic N) is 1. The van der Waals surface area contributed by atoms with E-state index in [-0.39, 0.29) is 24.6 Å². The summed E-state index contributed by atoms with van der Waals surface area (Å²) in [5, 5.41) is 14.3. The zero-order chi connectivity index (χ0) is 18.4. The Kier molecular flexibility index (Phi) is 6.25. The quantitative estimate of drug-likeness (QED) is 0.749. The molecule has 0 fully saturated rings. The van der Waals surface area contributed by atoms with Crippen molar-refractivity contribution in [3.63, 3.8) is 0 Å². The summed E-state index contributed by atoms with van der Waals surface area (Å²) in [5.74, 6) is -1.54. The summed E-state index contributed by atoms with van der Waals surface area (Å²) < 4.78 is 13.3. The molecule has 0 aliphatic carbocycles. The molecular weight excluding hydrogens is 343 g/mol. The third-order valence-electron chi connectivity index (χ3n) is 4.21. The van der Waals surface area contributed by atoms with Crippen LogP contribution in [0.25, 0.3) is 10.6 Å². The first-order chi connectivity index (χ1) is 11.9. The van der Waals surface area contributed by atoms with Gasteiger partial charge in [-0.05, 0) is 25.0 Å². The van der Waals surface area contributed by atoms with Gasteiger partial charge in [0.05, 0.1) is 18.5 Å². The fourth-order valence-corrected chi connectivity index (χ4v) is 3.47. The van der Waals surface area contributed by atoms with Crippen LogP contribution in [-0.2, 0) is 16.0 Å². The number of benzene rings is 1. The summed E-state index contributed by atoms with van der Waals surface area (Å²) in [6.07, 6.45) is 1.02. The van der Waals surface area contributed by atoms with Crippen molar-refractivity contribution in [3.8, 4) is 10.6 Å². The monoisotopic (exact) mass is 364 g/mol. The molecule has 2 N–H and O–H groups in total. The van der Waals surface area contributed by atoms with Gasteiger partial charge in [-0.25, -0.2) is 9.37 Å². The second kappa shape index (κ2) is 8.20. The molecule has 0 bridgehead atoms. The predicted molar refractivity (Wildman–Crippen MR) is 94.9 cm³/mol. The molecule has 1 aromatic heterocycles. The van der Waals surface area contributed by atoms with Crippen molar-refractivity contribution < 1.29 is 19.1 Å². The first-order valence-electron chi connectivity index (χ1n) is 8.10. The van der Waals surface area contributed by atoms with Gasteiger partial charge < -0.3 is 10.4 Å². The highest BCUT2D eigenvalue weighted by molar-refractivity contribution is 7.13. The summed E-state index contributed by atoms with van der Waals surface area (Å²) in [5.41, 5.74) is 0.502. The number of amides is 1. The fraction of sp³-hybridized carbons (Fsp3) is 0.389. The number of halogens is 1. The van der Waals surface area contributed by atoms with Gasteiger partial charge >= 0.3 is 5.97 Å². The lowest BCUT2D eigenvalue weighted by atomic mass is 9.88. The second-order valence-corrected chi connectivity index (χ2v) is 6.80. The highest BCUT2D eigenvalue weighted by Gasteiger charge is 2.31.